The fourth-order valence-electron chi connectivity index (χ4n) is 3.88. The zero-order valence-electron chi connectivity index (χ0n) is 9.66. The van der Waals surface area contributed by atoms with Crippen molar-refractivity contribution in [3.63, 3.8) is 0 Å². The number of carbonyl (C=O) groups excluding carboxylic acids is 1. The molecule has 0 radical (unpaired) electrons. The van der Waals surface area contributed by atoms with Crippen LogP contribution in [-0.2, 0) is 14.3 Å². The van der Waals surface area contributed by atoms with Crippen molar-refractivity contribution in [2.24, 2.45) is 17.8 Å². The number of halogens is 1. The molecule has 90 valence electrons. The van der Waals surface area contributed by atoms with E-state index in [0.29, 0.717) is 11.8 Å². The van der Waals surface area contributed by atoms with E-state index in [1.807, 2.05) is 6.92 Å². The molecule has 2 saturated carbocycles. The van der Waals surface area contributed by atoms with Gasteiger partial charge < -0.3 is 9.47 Å². The van der Waals surface area contributed by atoms with Gasteiger partial charge >= 0.3 is 5.97 Å². The Hall–Kier alpha value is -0.280. The second-order valence-corrected chi connectivity index (χ2v) is 6.11. The highest BCUT2D eigenvalue weighted by atomic mass is 35.5. The predicted molar refractivity (Wildman–Crippen MR) is 59.0 cm³/mol. The molecule has 0 aromatic rings. The lowest BCUT2D eigenvalue weighted by molar-refractivity contribution is -0.143. The van der Waals surface area contributed by atoms with E-state index in [4.69, 9.17) is 21.1 Å². The van der Waals surface area contributed by atoms with Crippen molar-refractivity contribution >= 4 is 17.6 Å². The molecule has 1 heterocycles. The summed E-state index contributed by atoms with van der Waals surface area (Å²) in [7, 11) is 1.36. The zero-order valence-corrected chi connectivity index (χ0v) is 10.4. The summed E-state index contributed by atoms with van der Waals surface area (Å²) in [6.45, 7) is 1.96. The van der Waals surface area contributed by atoms with Crippen molar-refractivity contribution in [3.05, 3.63) is 0 Å². The lowest BCUT2D eigenvalue weighted by atomic mass is 9.78. The summed E-state index contributed by atoms with van der Waals surface area (Å²) in [5.74, 6) is 1.51. The van der Waals surface area contributed by atoms with Gasteiger partial charge in [0.1, 0.15) is 5.60 Å². The molecule has 5 atom stereocenters. The number of epoxide rings is 1. The molecule has 0 N–H and O–H groups in total. The Labute approximate surface area is 100 Å². The summed E-state index contributed by atoms with van der Waals surface area (Å²) in [6, 6.07) is 0. The maximum Gasteiger partial charge on any atom is 0.357 e. The summed E-state index contributed by atoms with van der Waals surface area (Å²) in [5, 5.41) is -1.21. The fourth-order valence-corrected chi connectivity index (χ4v) is 4.25. The molecule has 4 heteroatoms. The first kappa shape index (κ1) is 10.8. The Kier molecular flexibility index (Phi) is 2.13. The Morgan fingerprint density at radius 2 is 2.19 bits per heavy atom. The third kappa shape index (κ3) is 1.16. The van der Waals surface area contributed by atoms with Crippen LogP contribution in [0.3, 0.4) is 0 Å². The minimum absolute atomic E-state index is 0.433. The van der Waals surface area contributed by atoms with Crippen molar-refractivity contribution in [1.29, 1.82) is 0 Å². The number of alkyl halides is 1. The van der Waals surface area contributed by atoms with Crippen molar-refractivity contribution in [3.8, 4) is 0 Å². The van der Waals surface area contributed by atoms with Gasteiger partial charge in [-0.1, -0.05) is 18.0 Å². The van der Waals surface area contributed by atoms with Crippen molar-refractivity contribution in [2.75, 3.05) is 7.11 Å². The van der Waals surface area contributed by atoms with E-state index >= 15 is 0 Å². The van der Waals surface area contributed by atoms with Gasteiger partial charge in [-0.2, -0.15) is 0 Å². The number of methoxy groups -OCH3 is 1. The van der Waals surface area contributed by atoms with Crippen molar-refractivity contribution in [2.45, 2.75) is 43.3 Å². The van der Waals surface area contributed by atoms with Crippen molar-refractivity contribution in [1.82, 2.24) is 0 Å². The molecule has 3 nitrogen and oxygen atoms in total. The molecule has 1 saturated heterocycles. The van der Waals surface area contributed by atoms with E-state index in [1.54, 1.807) is 0 Å². The molecule has 3 aliphatic rings. The van der Waals surface area contributed by atoms with Crippen LogP contribution in [0.1, 0.15) is 32.6 Å². The highest BCUT2D eigenvalue weighted by Crippen LogP contribution is 2.64. The number of hydrogen-bond acceptors (Lipinski definition) is 3. The van der Waals surface area contributed by atoms with E-state index in [0.717, 1.165) is 12.3 Å². The van der Waals surface area contributed by atoms with Gasteiger partial charge in [0.05, 0.1) is 7.11 Å². The molecule has 0 aromatic carbocycles. The first-order valence-corrected chi connectivity index (χ1v) is 6.36. The van der Waals surface area contributed by atoms with Gasteiger partial charge in [0, 0.05) is 0 Å². The normalized spacial score (nSPS) is 54.1. The van der Waals surface area contributed by atoms with Crippen molar-refractivity contribution < 1.29 is 14.3 Å². The van der Waals surface area contributed by atoms with Gasteiger partial charge in [0.15, 0.2) is 0 Å². The molecule has 0 spiro atoms. The van der Waals surface area contributed by atoms with Crippen LogP contribution in [0.4, 0.5) is 0 Å². The Bertz CT molecular complexity index is 345. The minimum atomic E-state index is -1.21. The molecule has 2 aliphatic carbocycles. The number of rotatable bonds is 2. The third-order valence-corrected chi connectivity index (χ3v) is 5.45. The fraction of sp³-hybridized carbons (Fsp3) is 0.917. The largest absolute Gasteiger partial charge is 0.466 e. The molecule has 5 unspecified atom stereocenters. The zero-order chi connectivity index (χ0) is 11.6. The van der Waals surface area contributed by atoms with E-state index < -0.39 is 16.6 Å². The quantitative estimate of drug-likeness (QED) is 0.425. The minimum Gasteiger partial charge on any atom is -0.466 e. The average molecular weight is 245 g/mol. The molecular weight excluding hydrogens is 228 g/mol. The van der Waals surface area contributed by atoms with Crippen LogP contribution in [0.15, 0.2) is 0 Å². The lowest BCUT2D eigenvalue weighted by Gasteiger charge is -2.26. The molecule has 0 amide bonds. The Morgan fingerprint density at radius 3 is 2.69 bits per heavy atom. The van der Waals surface area contributed by atoms with E-state index in [2.05, 4.69) is 0 Å². The number of hydrogen-bond donors (Lipinski definition) is 0. The maximum atomic E-state index is 11.6. The second-order valence-electron chi connectivity index (χ2n) is 5.58. The summed E-state index contributed by atoms with van der Waals surface area (Å²) < 4.78 is 10.3. The number of ether oxygens (including phenoxy) is 2. The average Bonchev–Trinajstić information content (AvgIpc) is 2.69. The summed E-state index contributed by atoms with van der Waals surface area (Å²) in [5.41, 5.74) is -0.499. The Morgan fingerprint density at radius 1 is 1.44 bits per heavy atom. The topological polar surface area (TPSA) is 38.8 Å². The van der Waals surface area contributed by atoms with Crippen LogP contribution in [-0.4, -0.2) is 23.7 Å². The van der Waals surface area contributed by atoms with Gasteiger partial charge in [-0.25, -0.2) is 4.79 Å². The highest BCUT2D eigenvalue weighted by molar-refractivity contribution is 6.35. The monoisotopic (exact) mass is 244 g/mol. The lowest BCUT2D eigenvalue weighted by Crippen LogP contribution is -2.36. The molecular formula is C12H17ClO3. The predicted octanol–water partition coefficient (Wildman–Crippen LogP) is 2.32. The van der Waals surface area contributed by atoms with Crippen LogP contribution in [0, 0.1) is 17.8 Å². The second kappa shape index (κ2) is 3.14. The Balaban J connectivity index is 1.79. The molecule has 3 rings (SSSR count). The SMILES string of the molecule is COC(=O)C1(Cl)OC1(C)C1CC2CCC1C2. The molecule has 1 aliphatic heterocycles. The molecule has 16 heavy (non-hydrogen) atoms. The summed E-state index contributed by atoms with van der Waals surface area (Å²) >= 11 is 6.22. The van der Waals surface area contributed by atoms with Crippen LogP contribution in [0.5, 0.6) is 0 Å². The van der Waals surface area contributed by atoms with Crippen LogP contribution < -0.4 is 0 Å². The maximum absolute atomic E-state index is 11.6. The summed E-state index contributed by atoms with van der Waals surface area (Å²) in [6.07, 6.45) is 5.05. The van der Waals surface area contributed by atoms with E-state index in [-0.39, 0.29) is 0 Å². The van der Waals surface area contributed by atoms with E-state index in [9.17, 15) is 4.79 Å². The number of fused-ring (bicyclic) bond motifs is 2. The highest BCUT2D eigenvalue weighted by Gasteiger charge is 2.77. The van der Waals surface area contributed by atoms with Gasteiger partial charge in [-0.05, 0) is 43.9 Å². The first-order chi connectivity index (χ1) is 7.51. The first-order valence-electron chi connectivity index (χ1n) is 5.99. The smallest absolute Gasteiger partial charge is 0.357 e. The molecule has 0 aromatic heterocycles. The molecule has 2 bridgehead atoms. The van der Waals surface area contributed by atoms with Gasteiger partial charge in [-0.15, -0.1) is 0 Å². The van der Waals surface area contributed by atoms with Crippen LogP contribution in [0.2, 0.25) is 0 Å². The standard InChI is InChI=1S/C12H17ClO3/c1-11(12(13,16-11)10(14)15-2)9-6-7-3-4-8(9)5-7/h7-9H,3-6H2,1-2H3. The van der Waals surface area contributed by atoms with E-state index in [1.165, 1.54) is 26.4 Å². The van der Waals surface area contributed by atoms with Crippen LogP contribution >= 0.6 is 11.6 Å². The number of esters is 1. The van der Waals surface area contributed by atoms with Gasteiger partial charge in [0.2, 0.25) is 0 Å². The summed E-state index contributed by atoms with van der Waals surface area (Å²) in [4.78, 5) is 11.6. The molecule has 3 fully saturated rings. The van der Waals surface area contributed by atoms with Gasteiger partial charge in [-0.3, -0.25) is 0 Å². The number of carbonyl (C=O) groups is 1. The van der Waals surface area contributed by atoms with Gasteiger partial charge in [0.25, 0.3) is 5.06 Å². The van der Waals surface area contributed by atoms with Crippen LogP contribution in [0.25, 0.3) is 0 Å². The third-order valence-electron chi connectivity index (χ3n) is 4.84.